The van der Waals surface area contributed by atoms with Crippen molar-refractivity contribution in [2.45, 2.75) is 20.0 Å². The van der Waals surface area contributed by atoms with Gasteiger partial charge in [-0.1, -0.05) is 0 Å². The third-order valence-electron chi connectivity index (χ3n) is 3.02. The van der Waals surface area contributed by atoms with E-state index >= 15 is 0 Å². The highest BCUT2D eigenvalue weighted by Crippen LogP contribution is 2.14. The van der Waals surface area contributed by atoms with Crippen LogP contribution < -0.4 is 4.74 Å². The summed E-state index contributed by atoms with van der Waals surface area (Å²) in [5.74, 6) is -0.325. The number of ether oxygens (including phenoxy) is 2. The third-order valence-corrected chi connectivity index (χ3v) is 3.02. The number of Topliss-reactive ketones (excluding diaryl/α,β-unsaturated/α-hetero) is 1. The Hall–Kier alpha value is -2.76. The average Bonchev–Trinajstić information content (AvgIpc) is 2.54. The number of methoxy groups -OCH3 is 1. The van der Waals surface area contributed by atoms with Crippen LogP contribution in [0.5, 0.6) is 5.75 Å². The summed E-state index contributed by atoms with van der Waals surface area (Å²) in [6.07, 6.45) is 1.87. The summed E-state index contributed by atoms with van der Waals surface area (Å²) in [6, 6.07) is 6.59. The summed E-state index contributed by atoms with van der Waals surface area (Å²) in [6.45, 7) is 3.28. The van der Waals surface area contributed by atoms with E-state index in [1.54, 1.807) is 38.3 Å². The van der Waals surface area contributed by atoms with Gasteiger partial charge in [-0.25, -0.2) is 9.78 Å². The van der Waals surface area contributed by atoms with Gasteiger partial charge >= 0.3 is 5.97 Å². The van der Waals surface area contributed by atoms with Gasteiger partial charge in [-0.3, -0.25) is 9.78 Å². The van der Waals surface area contributed by atoms with Crippen LogP contribution >= 0.6 is 0 Å². The topological polar surface area (TPSA) is 78.4 Å². The van der Waals surface area contributed by atoms with Gasteiger partial charge in [-0.15, -0.1) is 0 Å². The molecular formula is C16H16N2O4. The molecule has 0 amide bonds. The minimum absolute atomic E-state index is 0.0694. The summed E-state index contributed by atoms with van der Waals surface area (Å²) >= 11 is 0. The lowest BCUT2D eigenvalue weighted by Gasteiger charge is -2.12. The quantitative estimate of drug-likeness (QED) is 0.622. The van der Waals surface area contributed by atoms with E-state index in [1.807, 2.05) is 0 Å². The van der Waals surface area contributed by atoms with Gasteiger partial charge in [-0.2, -0.15) is 0 Å². The molecule has 0 fully saturated rings. The molecule has 2 aromatic rings. The van der Waals surface area contributed by atoms with E-state index in [0.717, 1.165) is 0 Å². The molecule has 1 aromatic heterocycles. The lowest BCUT2D eigenvalue weighted by atomic mass is 10.1. The molecule has 22 heavy (non-hydrogen) atoms. The number of carbonyl (C=O) groups is 2. The van der Waals surface area contributed by atoms with Gasteiger partial charge in [0.05, 0.1) is 19.0 Å². The molecule has 0 aliphatic rings. The van der Waals surface area contributed by atoms with E-state index in [4.69, 9.17) is 9.47 Å². The number of hydrogen-bond acceptors (Lipinski definition) is 6. The molecular weight excluding hydrogens is 284 g/mol. The molecule has 0 spiro atoms. The molecule has 114 valence electrons. The number of hydrogen-bond donors (Lipinski definition) is 0. The van der Waals surface area contributed by atoms with Crippen LogP contribution in [0.1, 0.15) is 33.5 Å². The highest BCUT2D eigenvalue weighted by atomic mass is 16.5. The molecule has 1 aromatic carbocycles. The lowest BCUT2D eigenvalue weighted by Crippen LogP contribution is -2.25. The van der Waals surface area contributed by atoms with Crippen LogP contribution in [-0.2, 0) is 4.74 Å². The van der Waals surface area contributed by atoms with Gasteiger partial charge in [0, 0.05) is 11.8 Å². The minimum Gasteiger partial charge on any atom is -0.497 e. The Labute approximate surface area is 128 Å². The second-order valence-electron chi connectivity index (χ2n) is 4.68. The molecule has 0 N–H and O–H groups in total. The number of aromatic nitrogens is 2. The Kier molecular flexibility index (Phi) is 4.83. The second kappa shape index (κ2) is 6.80. The summed E-state index contributed by atoms with van der Waals surface area (Å²) < 4.78 is 10.2. The van der Waals surface area contributed by atoms with Crippen LogP contribution in [-0.4, -0.2) is 34.9 Å². The van der Waals surface area contributed by atoms with Crippen LogP contribution in [0.4, 0.5) is 0 Å². The van der Waals surface area contributed by atoms with Gasteiger partial charge in [0.1, 0.15) is 5.75 Å². The van der Waals surface area contributed by atoms with Crippen molar-refractivity contribution in [1.29, 1.82) is 0 Å². The lowest BCUT2D eigenvalue weighted by molar-refractivity contribution is 0.0312. The summed E-state index contributed by atoms with van der Waals surface area (Å²) in [5, 5.41) is 0. The van der Waals surface area contributed by atoms with Crippen molar-refractivity contribution in [3.8, 4) is 5.75 Å². The highest BCUT2D eigenvalue weighted by Gasteiger charge is 2.21. The van der Waals surface area contributed by atoms with Crippen molar-refractivity contribution in [2.24, 2.45) is 0 Å². The number of carbonyl (C=O) groups excluding carboxylic acids is 2. The molecule has 0 aliphatic heterocycles. The SMILES string of the molecule is COc1ccc(C(=O)[C@@H](C)OC(=O)c2cnc(C)cn2)cc1. The highest BCUT2D eigenvalue weighted by molar-refractivity contribution is 6.01. The summed E-state index contributed by atoms with van der Waals surface area (Å²) in [4.78, 5) is 32.0. The maximum atomic E-state index is 12.2. The predicted molar refractivity (Wildman–Crippen MR) is 79.0 cm³/mol. The molecule has 1 heterocycles. The fraction of sp³-hybridized carbons (Fsp3) is 0.250. The Bertz CT molecular complexity index is 666. The Morgan fingerprint density at radius 3 is 2.32 bits per heavy atom. The first-order valence-corrected chi connectivity index (χ1v) is 6.69. The molecule has 0 aliphatic carbocycles. The molecule has 0 saturated heterocycles. The first kappa shape index (κ1) is 15.6. The second-order valence-corrected chi connectivity index (χ2v) is 4.68. The van der Waals surface area contributed by atoms with Crippen molar-refractivity contribution in [1.82, 2.24) is 9.97 Å². The Morgan fingerprint density at radius 1 is 1.09 bits per heavy atom. The maximum absolute atomic E-state index is 12.2. The van der Waals surface area contributed by atoms with Gasteiger partial charge in [0.2, 0.25) is 5.78 Å². The van der Waals surface area contributed by atoms with Crippen molar-refractivity contribution in [2.75, 3.05) is 7.11 Å². The van der Waals surface area contributed by atoms with E-state index in [-0.39, 0.29) is 11.5 Å². The first-order chi connectivity index (χ1) is 10.5. The standard InChI is InChI=1S/C16H16N2O4/c1-10-8-18-14(9-17-10)16(20)22-11(2)15(19)12-4-6-13(21-3)7-5-12/h4-9,11H,1-3H3/t11-/m1/s1. The van der Waals surface area contributed by atoms with Gasteiger partial charge in [0.15, 0.2) is 11.8 Å². The fourth-order valence-electron chi connectivity index (χ4n) is 1.76. The molecule has 1 atom stereocenters. The smallest absolute Gasteiger partial charge is 0.359 e. The predicted octanol–water partition coefficient (Wildman–Crippen LogP) is 2.22. The minimum atomic E-state index is -0.913. The zero-order valence-corrected chi connectivity index (χ0v) is 12.6. The van der Waals surface area contributed by atoms with Crippen LogP contribution in [0.3, 0.4) is 0 Å². The van der Waals surface area contributed by atoms with Crippen LogP contribution in [0.25, 0.3) is 0 Å². The van der Waals surface area contributed by atoms with E-state index in [2.05, 4.69) is 9.97 Å². The van der Waals surface area contributed by atoms with E-state index in [0.29, 0.717) is 17.0 Å². The number of rotatable bonds is 5. The summed E-state index contributed by atoms with van der Waals surface area (Å²) in [5.41, 5.74) is 1.20. The van der Waals surface area contributed by atoms with Crippen LogP contribution in [0.2, 0.25) is 0 Å². The molecule has 2 rings (SSSR count). The average molecular weight is 300 g/mol. The molecule has 6 nitrogen and oxygen atoms in total. The van der Waals surface area contributed by atoms with Crippen LogP contribution in [0.15, 0.2) is 36.7 Å². The van der Waals surface area contributed by atoms with E-state index in [9.17, 15) is 9.59 Å². The first-order valence-electron chi connectivity index (χ1n) is 6.69. The Morgan fingerprint density at radius 2 is 1.77 bits per heavy atom. The number of aryl methyl sites for hydroxylation is 1. The number of esters is 1. The third kappa shape index (κ3) is 3.66. The molecule has 0 unspecified atom stereocenters. The van der Waals surface area contributed by atoms with Crippen molar-refractivity contribution in [3.63, 3.8) is 0 Å². The zero-order valence-electron chi connectivity index (χ0n) is 12.6. The fourth-order valence-corrected chi connectivity index (χ4v) is 1.76. The largest absolute Gasteiger partial charge is 0.497 e. The number of nitrogens with zero attached hydrogens (tertiary/aromatic N) is 2. The molecule has 6 heteroatoms. The van der Waals surface area contributed by atoms with Gasteiger partial charge in [-0.05, 0) is 38.1 Å². The number of ketones is 1. The Balaban J connectivity index is 2.03. The van der Waals surface area contributed by atoms with E-state index < -0.39 is 12.1 Å². The molecule has 0 bridgehead atoms. The molecule has 0 saturated carbocycles. The van der Waals surface area contributed by atoms with Crippen molar-refractivity contribution >= 4 is 11.8 Å². The zero-order chi connectivity index (χ0) is 16.1. The molecule has 0 radical (unpaired) electrons. The maximum Gasteiger partial charge on any atom is 0.359 e. The summed E-state index contributed by atoms with van der Waals surface area (Å²) in [7, 11) is 1.55. The van der Waals surface area contributed by atoms with Crippen molar-refractivity contribution in [3.05, 3.63) is 53.6 Å². The van der Waals surface area contributed by atoms with Gasteiger partial charge < -0.3 is 9.47 Å². The van der Waals surface area contributed by atoms with Gasteiger partial charge in [0.25, 0.3) is 0 Å². The van der Waals surface area contributed by atoms with Crippen LogP contribution in [0, 0.1) is 6.92 Å². The number of benzene rings is 1. The monoisotopic (exact) mass is 300 g/mol. The van der Waals surface area contributed by atoms with Crippen molar-refractivity contribution < 1.29 is 19.1 Å². The van der Waals surface area contributed by atoms with E-state index in [1.165, 1.54) is 19.3 Å². The normalized spacial score (nSPS) is 11.6.